The number of likely N-dealkylation sites (tertiary alicyclic amines) is 1. The second-order valence-electron chi connectivity index (χ2n) is 7.47. The Bertz CT molecular complexity index is 616. The fraction of sp³-hybridized carbons (Fsp3) is 0.579. The molecule has 1 amide bonds. The largest absolute Gasteiger partial charge is 0.497 e. The van der Waals surface area contributed by atoms with Crippen LogP contribution in [0.2, 0.25) is 0 Å². The number of ether oxygens (including phenoxy) is 2. The lowest BCUT2D eigenvalue weighted by molar-refractivity contribution is -0.144. The van der Waals surface area contributed by atoms with Gasteiger partial charge in [-0.3, -0.25) is 9.69 Å². The number of hydrogen-bond donors (Lipinski definition) is 2. The summed E-state index contributed by atoms with van der Waals surface area (Å²) < 4.78 is 10.4. The van der Waals surface area contributed by atoms with E-state index in [0.717, 1.165) is 5.56 Å². The standard InChI is InChI=1S/C19H28N2O5/c1-19(2,3)26-18(24)20-14-9-11-21(12-10-14)16(17(22)23)13-5-7-15(25-4)8-6-13/h5-8,14,16H,9-12H2,1-4H3,(H,20,24)(H,22,23)/t16-/m1/s1. The predicted molar refractivity (Wildman–Crippen MR) is 97.3 cm³/mol. The Labute approximate surface area is 154 Å². The molecule has 1 aliphatic heterocycles. The van der Waals surface area contributed by atoms with Crippen LogP contribution < -0.4 is 10.1 Å². The lowest BCUT2D eigenvalue weighted by Crippen LogP contribution is -2.48. The highest BCUT2D eigenvalue weighted by molar-refractivity contribution is 5.75. The molecule has 1 aromatic carbocycles. The molecule has 0 unspecified atom stereocenters. The molecule has 2 N–H and O–H groups in total. The van der Waals surface area contributed by atoms with Gasteiger partial charge in [-0.15, -0.1) is 0 Å². The molecule has 1 heterocycles. The highest BCUT2D eigenvalue weighted by Crippen LogP contribution is 2.26. The minimum Gasteiger partial charge on any atom is -0.497 e. The molecule has 7 heteroatoms. The zero-order valence-corrected chi connectivity index (χ0v) is 15.8. The number of carbonyl (C=O) groups is 2. The van der Waals surface area contributed by atoms with Gasteiger partial charge in [0.2, 0.25) is 0 Å². The molecule has 1 saturated heterocycles. The summed E-state index contributed by atoms with van der Waals surface area (Å²) in [5, 5.41) is 12.5. The Kier molecular flexibility index (Phi) is 6.47. The van der Waals surface area contributed by atoms with Crippen molar-refractivity contribution in [2.24, 2.45) is 0 Å². The summed E-state index contributed by atoms with van der Waals surface area (Å²) >= 11 is 0. The third kappa shape index (κ3) is 5.62. The van der Waals surface area contributed by atoms with Gasteiger partial charge >= 0.3 is 12.1 Å². The summed E-state index contributed by atoms with van der Waals surface area (Å²) in [6.07, 6.45) is 0.930. The van der Waals surface area contributed by atoms with E-state index in [9.17, 15) is 14.7 Å². The lowest BCUT2D eigenvalue weighted by Gasteiger charge is -2.36. The van der Waals surface area contributed by atoms with Crippen LogP contribution >= 0.6 is 0 Å². The fourth-order valence-electron chi connectivity index (χ4n) is 3.07. The van der Waals surface area contributed by atoms with Crippen molar-refractivity contribution >= 4 is 12.1 Å². The fourth-order valence-corrected chi connectivity index (χ4v) is 3.07. The average molecular weight is 364 g/mol. The van der Waals surface area contributed by atoms with Gasteiger partial charge in [0.1, 0.15) is 17.4 Å². The highest BCUT2D eigenvalue weighted by Gasteiger charge is 2.32. The molecule has 0 spiro atoms. The molecule has 1 fully saturated rings. The van der Waals surface area contributed by atoms with Gasteiger partial charge in [0.25, 0.3) is 0 Å². The third-order valence-corrected chi connectivity index (χ3v) is 4.28. The molecule has 0 aliphatic carbocycles. The number of nitrogens with one attached hydrogen (secondary N) is 1. The van der Waals surface area contributed by atoms with Crippen LogP contribution in [-0.4, -0.2) is 53.9 Å². The summed E-state index contributed by atoms with van der Waals surface area (Å²) in [4.78, 5) is 25.6. The molecule has 2 rings (SSSR count). The molecule has 0 aromatic heterocycles. The third-order valence-electron chi connectivity index (χ3n) is 4.28. The van der Waals surface area contributed by atoms with Gasteiger partial charge in [0.15, 0.2) is 0 Å². The van der Waals surface area contributed by atoms with Crippen LogP contribution in [-0.2, 0) is 9.53 Å². The number of benzene rings is 1. The van der Waals surface area contributed by atoms with Crippen LogP contribution in [0.25, 0.3) is 0 Å². The molecule has 0 saturated carbocycles. The quantitative estimate of drug-likeness (QED) is 0.835. The van der Waals surface area contributed by atoms with E-state index in [1.807, 2.05) is 25.7 Å². The number of hydrogen-bond acceptors (Lipinski definition) is 5. The monoisotopic (exact) mass is 364 g/mol. The Balaban J connectivity index is 1.95. The van der Waals surface area contributed by atoms with Gasteiger partial charge < -0.3 is 19.9 Å². The maximum absolute atomic E-state index is 11.9. The number of nitrogens with zero attached hydrogens (tertiary/aromatic N) is 1. The lowest BCUT2D eigenvalue weighted by atomic mass is 9.99. The Morgan fingerprint density at radius 1 is 1.19 bits per heavy atom. The molecule has 144 valence electrons. The second-order valence-corrected chi connectivity index (χ2v) is 7.47. The van der Waals surface area contributed by atoms with Gasteiger partial charge in [-0.1, -0.05) is 12.1 Å². The van der Waals surface area contributed by atoms with Crippen LogP contribution in [0.3, 0.4) is 0 Å². The molecule has 0 bridgehead atoms. The Hall–Kier alpha value is -2.28. The first-order valence-corrected chi connectivity index (χ1v) is 8.80. The summed E-state index contributed by atoms with van der Waals surface area (Å²) in [5.41, 5.74) is 0.185. The highest BCUT2D eigenvalue weighted by atomic mass is 16.6. The average Bonchev–Trinajstić information content (AvgIpc) is 2.55. The molecule has 1 aromatic rings. The van der Waals surface area contributed by atoms with E-state index in [1.165, 1.54) is 0 Å². The number of carboxylic acid groups (broad SMARTS) is 1. The van der Waals surface area contributed by atoms with Crippen LogP contribution in [0.4, 0.5) is 4.79 Å². The number of carboxylic acids is 1. The smallest absolute Gasteiger partial charge is 0.407 e. The zero-order valence-electron chi connectivity index (χ0n) is 15.8. The topological polar surface area (TPSA) is 88.1 Å². The van der Waals surface area contributed by atoms with Crippen molar-refractivity contribution in [3.8, 4) is 5.75 Å². The van der Waals surface area contributed by atoms with Crippen molar-refractivity contribution in [1.29, 1.82) is 0 Å². The number of piperidine rings is 1. The first kappa shape index (κ1) is 20.0. The molecule has 1 atom stereocenters. The van der Waals surface area contributed by atoms with Crippen molar-refractivity contribution < 1.29 is 24.2 Å². The molecule has 26 heavy (non-hydrogen) atoms. The van der Waals surface area contributed by atoms with Crippen molar-refractivity contribution in [2.45, 2.75) is 51.3 Å². The number of aliphatic carboxylic acids is 1. The predicted octanol–water partition coefficient (Wildman–Crippen LogP) is 2.81. The summed E-state index contributed by atoms with van der Waals surface area (Å²) in [7, 11) is 1.58. The van der Waals surface area contributed by atoms with Gasteiger partial charge in [-0.05, 0) is 51.3 Å². The van der Waals surface area contributed by atoms with Crippen LogP contribution in [0.5, 0.6) is 5.75 Å². The molecular formula is C19H28N2O5. The first-order chi connectivity index (χ1) is 12.2. The second kappa shape index (κ2) is 8.40. The van der Waals surface area contributed by atoms with E-state index < -0.39 is 23.7 Å². The SMILES string of the molecule is COc1ccc([C@H](C(=O)O)N2CCC(NC(=O)OC(C)(C)C)CC2)cc1. The summed E-state index contributed by atoms with van der Waals surface area (Å²) in [6, 6.07) is 6.38. The Morgan fingerprint density at radius 2 is 1.77 bits per heavy atom. The van der Waals surface area contributed by atoms with E-state index in [1.54, 1.807) is 31.4 Å². The van der Waals surface area contributed by atoms with Crippen molar-refractivity contribution in [1.82, 2.24) is 10.2 Å². The normalized spacial score (nSPS) is 17.4. The van der Waals surface area contributed by atoms with E-state index in [0.29, 0.717) is 31.7 Å². The maximum atomic E-state index is 11.9. The van der Waals surface area contributed by atoms with Crippen LogP contribution in [0, 0.1) is 0 Å². The summed E-state index contributed by atoms with van der Waals surface area (Å²) in [5.74, 6) is -0.188. The number of rotatable bonds is 5. The molecule has 0 radical (unpaired) electrons. The maximum Gasteiger partial charge on any atom is 0.407 e. The van der Waals surface area contributed by atoms with E-state index >= 15 is 0 Å². The molecule has 1 aliphatic rings. The van der Waals surface area contributed by atoms with Gasteiger partial charge in [-0.2, -0.15) is 0 Å². The number of carbonyl (C=O) groups excluding carboxylic acids is 1. The van der Waals surface area contributed by atoms with Crippen LogP contribution in [0.15, 0.2) is 24.3 Å². The summed E-state index contributed by atoms with van der Waals surface area (Å²) in [6.45, 7) is 6.64. The minimum absolute atomic E-state index is 0.00795. The van der Waals surface area contributed by atoms with Crippen molar-refractivity contribution in [3.63, 3.8) is 0 Å². The van der Waals surface area contributed by atoms with E-state index in [4.69, 9.17) is 9.47 Å². The number of alkyl carbamates (subject to hydrolysis) is 1. The van der Waals surface area contributed by atoms with Crippen molar-refractivity contribution in [2.75, 3.05) is 20.2 Å². The van der Waals surface area contributed by atoms with Gasteiger partial charge in [-0.25, -0.2) is 4.79 Å². The van der Waals surface area contributed by atoms with E-state index in [2.05, 4.69) is 5.32 Å². The zero-order chi connectivity index (χ0) is 19.3. The van der Waals surface area contributed by atoms with Crippen LogP contribution in [0.1, 0.15) is 45.2 Å². The first-order valence-electron chi connectivity index (χ1n) is 8.80. The molecular weight excluding hydrogens is 336 g/mol. The number of methoxy groups -OCH3 is 1. The van der Waals surface area contributed by atoms with Gasteiger partial charge in [0.05, 0.1) is 7.11 Å². The van der Waals surface area contributed by atoms with Gasteiger partial charge in [0, 0.05) is 19.1 Å². The van der Waals surface area contributed by atoms with Crippen molar-refractivity contribution in [3.05, 3.63) is 29.8 Å². The molecule has 7 nitrogen and oxygen atoms in total. The van der Waals surface area contributed by atoms with E-state index in [-0.39, 0.29) is 6.04 Å². The Morgan fingerprint density at radius 3 is 2.23 bits per heavy atom. The number of amides is 1. The minimum atomic E-state index is -0.881.